The van der Waals surface area contributed by atoms with Gasteiger partial charge in [-0.05, 0) is 48.9 Å². The molecule has 1 aromatic carbocycles. The van der Waals surface area contributed by atoms with Gasteiger partial charge < -0.3 is 9.47 Å². The van der Waals surface area contributed by atoms with Crippen molar-refractivity contribution in [2.24, 2.45) is 0 Å². The number of carbonyl (C=O) groups is 1. The Balaban J connectivity index is 1.92. The summed E-state index contributed by atoms with van der Waals surface area (Å²) < 4.78 is 11.4. The smallest absolute Gasteiger partial charge is 0.376 e. The minimum absolute atomic E-state index is 0.106. The van der Waals surface area contributed by atoms with Crippen LogP contribution < -0.4 is 4.74 Å². The van der Waals surface area contributed by atoms with Crippen LogP contribution in [0.1, 0.15) is 87.1 Å². The lowest BCUT2D eigenvalue weighted by molar-refractivity contribution is 0.0273. The van der Waals surface area contributed by atoms with Gasteiger partial charge in [-0.15, -0.1) is 0 Å². The van der Waals surface area contributed by atoms with Crippen LogP contribution in [0.15, 0.2) is 36.7 Å². The number of unbranched alkanes of at least 4 members (excludes halogenated alkanes) is 3. The van der Waals surface area contributed by atoms with Gasteiger partial charge in [-0.2, -0.15) is 0 Å². The Hall–Kier alpha value is -2.43. The van der Waals surface area contributed by atoms with E-state index in [4.69, 9.17) is 9.47 Å². The first-order valence-corrected chi connectivity index (χ1v) is 10.4. The highest BCUT2D eigenvalue weighted by molar-refractivity contribution is 5.85. The first-order valence-electron chi connectivity index (χ1n) is 10.4. The Morgan fingerprint density at radius 2 is 1.64 bits per heavy atom. The molecule has 1 unspecified atom stereocenters. The maximum atomic E-state index is 12.4. The summed E-state index contributed by atoms with van der Waals surface area (Å²) in [5.74, 6) is 0.454. The SMILES string of the molecule is CCCCCOc1ccc(C(CC)OC(=O)c2ncc(CCCC)cn2)cc1. The van der Waals surface area contributed by atoms with E-state index in [1.807, 2.05) is 31.2 Å². The van der Waals surface area contributed by atoms with Gasteiger partial charge in [0.15, 0.2) is 0 Å². The van der Waals surface area contributed by atoms with Crippen LogP contribution in [0.2, 0.25) is 0 Å². The third-order valence-corrected chi connectivity index (χ3v) is 4.60. The highest BCUT2D eigenvalue weighted by Crippen LogP contribution is 2.24. The molecule has 0 N–H and O–H groups in total. The third-order valence-electron chi connectivity index (χ3n) is 4.60. The zero-order valence-corrected chi connectivity index (χ0v) is 17.3. The van der Waals surface area contributed by atoms with Gasteiger partial charge in [-0.1, -0.05) is 52.2 Å². The van der Waals surface area contributed by atoms with Crippen LogP contribution in [0.5, 0.6) is 5.75 Å². The van der Waals surface area contributed by atoms with E-state index in [1.165, 1.54) is 12.8 Å². The summed E-state index contributed by atoms with van der Waals surface area (Å²) in [6.07, 6.45) is 10.3. The van der Waals surface area contributed by atoms with E-state index in [-0.39, 0.29) is 11.9 Å². The zero-order valence-electron chi connectivity index (χ0n) is 17.3. The van der Waals surface area contributed by atoms with E-state index in [0.717, 1.165) is 49.2 Å². The van der Waals surface area contributed by atoms with Crippen LogP contribution in [0.3, 0.4) is 0 Å². The van der Waals surface area contributed by atoms with Gasteiger partial charge in [0.25, 0.3) is 0 Å². The zero-order chi connectivity index (χ0) is 20.2. The van der Waals surface area contributed by atoms with Crippen molar-refractivity contribution >= 4 is 5.97 Å². The highest BCUT2D eigenvalue weighted by atomic mass is 16.5. The van der Waals surface area contributed by atoms with Crippen molar-refractivity contribution in [1.29, 1.82) is 0 Å². The second-order valence-electron chi connectivity index (χ2n) is 6.95. The first-order chi connectivity index (χ1) is 13.7. The van der Waals surface area contributed by atoms with Gasteiger partial charge in [0.2, 0.25) is 5.82 Å². The first kappa shape index (κ1) is 21.9. The summed E-state index contributed by atoms with van der Waals surface area (Å²) >= 11 is 0. The number of nitrogens with zero attached hydrogens (tertiary/aromatic N) is 2. The Bertz CT molecular complexity index is 699. The largest absolute Gasteiger partial charge is 0.494 e. The summed E-state index contributed by atoms with van der Waals surface area (Å²) in [5, 5.41) is 0. The summed E-state index contributed by atoms with van der Waals surface area (Å²) in [6.45, 7) is 7.03. The van der Waals surface area contributed by atoms with E-state index < -0.39 is 5.97 Å². The van der Waals surface area contributed by atoms with E-state index in [9.17, 15) is 4.79 Å². The third kappa shape index (κ3) is 6.95. The number of aryl methyl sites for hydroxylation is 1. The number of esters is 1. The average molecular weight is 385 g/mol. The Labute approximate surface area is 168 Å². The molecule has 1 aromatic heterocycles. The molecule has 0 amide bonds. The molecule has 0 fully saturated rings. The topological polar surface area (TPSA) is 61.3 Å². The average Bonchev–Trinajstić information content (AvgIpc) is 2.74. The van der Waals surface area contributed by atoms with Crippen LogP contribution in [0.4, 0.5) is 0 Å². The fourth-order valence-corrected chi connectivity index (χ4v) is 2.86. The lowest BCUT2D eigenvalue weighted by Gasteiger charge is -2.16. The van der Waals surface area contributed by atoms with Crippen LogP contribution in [-0.4, -0.2) is 22.5 Å². The highest BCUT2D eigenvalue weighted by Gasteiger charge is 2.18. The van der Waals surface area contributed by atoms with Gasteiger partial charge in [-0.3, -0.25) is 0 Å². The van der Waals surface area contributed by atoms with Crippen molar-refractivity contribution in [1.82, 2.24) is 9.97 Å². The van der Waals surface area contributed by atoms with Crippen molar-refractivity contribution in [2.45, 2.75) is 71.8 Å². The summed E-state index contributed by atoms with van der Waals surface area (Å²) in [6, 6.07) is 7.75. The van der Waals surface area contributed by atoms with Crippen LogP contribution in [-0.2, 0) is 11.2 Å². The molecule has 2 rings (SSSR count). The Morgan fingerprint density at radius 3 is 2.25 bits per heavy atom. The normalized spacial score (nSPS) is 11.8. The van der Waals surface area contributed by atoms with Crippen LogP contribution in [0.25, 0.3) is 0 Å². The molecule has 1 heterocycles. The summed E-state index contributed by atoms with van der Waals surface area (Å²) in [5.41, 5.74) is 1.98. The number of aromatic nitrogens is 2. The molecule has 5 nitrogen and oxygen atoms in total. The van der Waals surface area contributed by atoms with Gasteiger partial charge in [0.05, 0.1) is 6.61 Å². The minimum Gasteiger partial charge on any atom is -0.494 e. The molecular weight excluding hydrogens is 352 g/mol. The maximum Gasteiger partial charge on any atom is 0.376 e. The van der Waals surface area contributed by atoms with Crippen LogP contribution >= 0.6 is 0 Å². The number of benzene rings is 1. The molecule has 0 bridgehead atoms. The molecule has 152 valence electrons. The molecule has 5 heteroatoms. The lowest BCUT2D eigenvalue weighted by Crippen LogP contribution is -2.14. The van der Waals surface area contributed by atoms with Gasteiger partial charge in [0.1, 0.15) is 11.9 Å². The molecule has 0 radical (unpaired) electrons. The number of hydrogen-bond donors (Lipinski definition) is 0. The van der Waals surface area contributed by atoms with Crippen molar-refractivity contribution in [3.63, 3.8) is 0 Å². The van der Waals surface area contributed by atoms with Gasteiger partial charge in [0, 0.05) is 12.4 Å². The van der Waals surface area contributed by atoms with Crippen molar-refractivity contribution < 1.29 is 14.3 Å². The quantitative estimate of drug-likeness (QED) is 0.347. The predicted molar refractivity (Wildman–Crippen MR) is 111 cm³/mol. The van der Waals surface area contributed by atoms with Crippen molar-refractivity contribution in [3.05, 3.63) is 53.6 Å². The van der Waals surface area contributed by atoms with Crippen molar-refractivity contribution in [2.75, 3.05) is 6.61 Å². The maximum absolute atomic E-state index is 12.4. The number of rotatable bonds is 12. The van der Waals surface area contributed by atoms with Gasteiger partial charge in [-0.25, -0.2) is 14.8 Å². The molecular formula is C23H32N2O3. The van der Waals surface area contributed by atoms with E-state index in [1.54, 1.807) is 12.4 Å². The van der Waals surface area contributed by atoms with Crippen molar-refractivity contribution in [3.8, 4) is 5.75 Å². The summed E-state index contributed by atoms with van der Waals surface area (Å²) in [4.78, 5) is 20.8. The molecule has 1 atom stereocenters. The molecule has 0 aliphatic rings. The molecule has 0 aliphatic heterocycles. The van der Waals surface area contributed by atoms with E-state index in [0.29, 0.717) is 6.42 Å². The predicted octanol–water partition coefficient (Wildman–Crippen LogP) is 5.70. The van der Waals surface area contributed by atoms with E-state index >= 15 is 0 Å². The summed E-state index contributed by atoms with van der Waals surface area (Å²) in [7, 11) is 0. The fraction of sp³-hybridized carbons (Fsp3) is 0.522. The second kappa shape index (κ2) is 12.1. The minimum atomic E-state index is -0.492. The van der Waals surface area contributed by atoms with Gasteiger partial charge >= 0.3 is 5.97 Å². The monoisotopic (exact) mass is 384 g/mol. The van der Waals surface area contributed by atoms with E-state index in [2.05, 4.69) is 23.8 Å². The fourth-order valence-electron chi connectivity index (χ4n) is 2.86. The van der Waals surface area contributed by atoms with Crippen LogP contribution in [0, 0.1) is 0 Å². The number of hydrogen-bond acceptors (Lipinski definition) is 5. The molecule has 28 heavy (non-hydrogen) atoms. The number of ether oxygens (including phenoxy) is 2. The molecule has 0 saturated carbocycles. The Kier molecular flexibility index (Phi) is 9.46. The molecule has 0 spiro atoms. The lowest BCUT2D eigenvalue weighted by atomic mass is 10.1. The molecule has 0 saturated heterocycles. The standard InChI is InChI=1S/C23H32N2O3/c1-4-7-9-15-27-20-13-11-19(12-14-20)21(6-3)28-23(26)22-24-16-18(17-25-22)10-8-5-2/h11-14,16-17,21H,4-10,15H2,1-3H3. The molecule has 0 aliphatic carbocycles. The Morgan fingerprint density at radius 1 is 0.964 bits per heavy atom. The number of carbonyl (C=O) groups excluding carboxylic acids is 1. The molecule has 2 aromatic rings. The second-order valence-corrected chi connectivity index (χ2v) is 6.95.